The zero-order valence-electron chi connectivity index (χ0n) is 9.20. The molecule has 0 heterocycles. The summed E-state index contributed by atoms with van der Waals surface area (Å²) in [6.07, 6.45) is 1.60. The first-order chi connectivity index (χ1) is 8.66. The van der Waals surface area contributed by atoms with E-state index in [-0.39, 0.29) is 5.82 Å². The second-order valence-electron chi connectivity index (χ2n) is 3.52. The third-order valence-electron chi connectivity index (χ3n) is 2.21. The molecule has 0 radical (unpaired) electrons. The van der Waals surface area contributed by atoms with E-state index < -0.39 is 0 Å². The van der Waals surface area contributed by atoms with Crippen LogP contribution in [-0.4, -0.2) is 6.21 Å². The average molecular weight is 419 g/mol. The smallest absolute Gasteiger partial charge is 0.138 e. The Bertz CT molecular complexity index is 573. The van der Waals surface area contributed by atoms with E-state index in [0.29, 0.717) is 4.47 Å². The number of hydrogen-bond donors (Lipinski definition) is 1. The first-order valence-corrected chi connectivity index (χ1v) is 7.02. The molecule has 92 valence electrons. The predicted molar refractivity (Wildman–Crippen MR) is 84.5 cm³/mol. The van der Waals surface area contributed by atoms with Crippen LogP contribution in [0.15, 0.2) is 52.0 Å². The van der Waals surface area contributed by atoms with Gasteiger partial charge in [-0.25, -0.2) is 4.39 Å². The number of hydrogen-bond acceptors (Lipinski definition) is 2. The van der Waals surface area contributed by atoms with Gasteiger partial charge in [0.05, 0.1) is 16.4 Å². The van der Waals surface area contributed by atoms with Crippen molar-refractivity contribution in [3.8, 4) is 0 Å². The Kier molecular flexibility index (Phi) is 4.71. The van der Waals surface area contributed by atoms with E-state index in [4.69, 9.17) is 0 Å². The summed E-state index contributed by atoms with van der Waals surface area (Å²) in [5.74, 6) is -0.295. The lowest BCUT2D eigenvalue weighted by atomic mass is 10.2. The van der Waals surface area contributed by atoms with Gasteiger partial charge in [-0.1, -0.05) is 18.2 Å². The Morgan fingerprint density at radius 2 is 1.94 bits per heavy atom. The summed E-state index contributed by atoms with van der Waals surface area (Å²) in [5.41, 5.74) is 4.51. The molecule has 0 bridgehead atoms. The fourth-order valence-corrected chi connectivity index (χ4v) is 2.70. The number of para-hydroxylation sites is 1. The van der Waals surface area contributed by atoms with E-state index in [9.17, 15) is 4.39 Å². The number of anilines is 1. The van der Waals surface area contributed by atoms with Crippen LogP contribution in [0.4, 0.5) is 10.1 Å². The number of hydrazone groups is 1. The van der Waals surface area contributed by atoms with Crippen molar-refractivity contribution in [1.29, 1.82) is 0 Å². The maximum atomic E-state index is 13.4. The topological polar surface area (TPSA) is 24.4 Å². The van der Waals surface area contributed by atoms with Crippen molar-refractivity contribution in [2.75, 3.05) is 5.43 Å². The molecule has 0 spiro atoms. The molecule has 0 aliphatic carbocycles. The fraction of sp³-hybridized carbons (Fsp3) is 0. The molecule has 18 heavy (non-hydrogen) atoms. The summed E-state index contributed by atoms with van der Waals surface area (Å²) in [7, 11) is 0. The van der Waals surface area contributed by atoms with Gasteiger partial charge >= 0.3 is 0 Å². The predicted octanol–water partition coefficient (Wildman–Crippen LogP) is 4.64. The van der Waals surface area contributed by atoms with Gasteiger partial charge < -0.3 is 0 Å². The highest BCUT2D eigenvalue weighted by Gasteiger charge is 2.04. The maximum absolute atomic E-state index is 13.4. The number of benzene rings is 2. The van der Waals surface area contributed by atoms with E-state index in [2.05, 4.69) is 49.0 Å². The largest absolute Gasteiger partial charge is 0.279 e. The van der Waals surface area contributed by atoms with E-state index >= 15 is 0 Å². The second kappa shape index (κ2) is 6.29. The molecule has 0 saturated carbocycles. The first kappa shape index (κ1) is 13.5. The van der Waals surface area contributed by atoms with Crippen LogP contribution in [0.25, 0.3) is 0 Å². The summed E-state index contributed by atoms with van der Waals surface area (Å²) in [4.78, 5) is 0. The minimum atomic E-state index is -0.295. The highest BCUT2D eigenvalue weighted by molar-refractivity contribution is 14.1. The third-order valence-corrected chi connectivity index (χ3v) is 3.75. The molecule has 2 aromatic carbocycles. The number of rotatable bonds is 3. The van der Waals surface area contributed by atoms with E-state index in [1.165, 1.54) is 6.07 Å². The average Bonchev–Trinajstić information content (AvgIpc) is 2.37. The lowest BCUT2D eigenvalue weighted by Gasteiger charge is -2.02. The van der Waals surface area contributed by atoms with Crippen molar-refractivity contribution in [1.82, 2.24) is 0 Å². The van der Waals surface area contributed by atoms with Crippen molar-refractivity contribution >= 4 is 50.4 Å². The van der Waals surface area contributed by atoms with E-state index in [1.807, 2.05) is 30.3 Å². The molecule has 2 rings (SSSR count). The SMILES string of the molecule is Fc1cc(C=NNc2ccccc2)c(I)cc1Br. The van der Waals surface area contributed by atoms with Crippen molar-refractivity contribution in [2.45, 2.75) is 0 Å². The Morgan fingerprint density at radius 1 is 1.22 bits per heavy atom. The summed E-state index contributed by atoms with van der Waals surface area (Å²) >= 11 is 5.29. The summed E-state index contributed by atoms with van der Waals surface area (Å²) < 4.78 is 14.8. The maximum Gasteiger partial charge on any atom is 0.138 e. The van der Waals surface area contributed by atoms with Gasteiger partial charge in [-0.3, -0.25) is 5.43 Å². The van der Waals surface area contributed by atoms with Gasteiger partial charge in [0.2, 0.25) is 0 Å². The highest BCUT2D eigenvalue weighted by Crippen LogP contribution is 2.21. The zero-order valence-corrected chi connectivity index (χ0v) is 12.9. The Hall–Kier alpha value is -0.950. The van der Waals surface area contributed by atoms with Crippen molar-refractivity contribution in [3.05, 3.63) is 61.9 Å². The molecule has 2 nitrogen and oxygen atoms in total. The summed E-state index contributed by atoms with van der Waals surface area (Å²) in [6, 6.07) is 12.8. The molecular formula is C13H9BrFIN2. The molecule has 0 amide bonds. The first-order valence-electron chi connectivity index (χ1n) is 5.15. The molecule has 0 aliphatic rings. The lowest BCUT2D eigenvalue weighted by molar-refractivity contribution is 0.620. The van der Waals surface area contributed by atoms with Gasteiger partial charge in [0.25, 0.3) is 0 Å². The summed E-state index contributed by atoms with van der Waals surface area (Å²) in [6.45, 7) is 0. The zero-order chi connectivity index (χ0) is 13.0. The number of halogens is 3. The van der Waals surface area contributed by atoms with Crippen LogP contribution < -0.4 is 5.43 Å². The van der Waals surface area contributed by atoms with Crippen molar-refractivity contribution < 1.29 is 4.39 Å². The molecular weight excluding hydrogens is 410 g/mol. The molecule has 0 aliphatic heterocycles. The minimum absolute atomic E-state index is 0.295. The monoisotopic (exact) mass is 418 g/mol. The van der Waals surface area contributed by atoms with Crippen LogP contribution in [-0.2, 0) is 0 Å². The molecule has 5 heteroatoms. The molecule has 0 unspecified atom stereocenters. The van der Waals surface area contributed by atoms with Crippen molar-refractivity contribution in [3.63, 3.8) is 0 Å². The quantitative estimate of drug-likeness (QED) is 0.334. The van der Waals surface area contributed by atoms with Crippen LogP contribution in [0.1, 0.15) is 5.56 Å². The highest BCUT2D eigenvalue weighted by atomic mass is 127. The molecule has 0 fully saturated rings. The second-order valence-corrected chi connectivity index (χ2v) is 5.54. The van der Waals surface area contributed by atoms with Gasteiger partial charge in [0.1, 0.15) is 5.82 Å². The van der Waals surface area contributed by atoms with Gasteiger partial charge in [0, 0.05) is 9.13 Å². The number of nitrogens with one attached hydrogen (secondary N) is 1. The molecule has 0 atom stereocenters. The number of nitrogens with zero attached hydrogens (tertiary/aromatic N) is 1. The van der Waals surface area contributed by atoms with E-state index in [1.54, 1.807) is 12.3 Å². The standard InChI is InChI=1S/C13H9BrFIN2/c14-11-7-13(16)9(6-12(11)15)8-17-18-10-4-2-1-3-5-10/h1-8,18H. The molecule has 2 aromatic rings. The van der Waals surface area contributed by atoms with Crippen LogP contribution >= 0.6 is 38.5 Å². The normalized spacial score (nSPS) is 10.8. The minimum Gasteiger partial charge on any atom is -0.279 e. The van der Waals surface area contributed by atoms with Crippen molar-refractivity contribution in [2.24, 2.45) is 5.10 Å². The molecule has 0 aromatic heterocycles. The van der Waals surface area contributed by atoms with Gasteiger partial charge in [-0.05, 0) is 62.8 Å². The van der Waals surface area contributed by atoms with Crippen LogP contribution in [0.2, 0.25) is 0 Å². The summed E-state index contributed by atoms with van der Waals surface area (Å²) in [5, 5.41) is 4.08. The van der Waals surface area contributed by atoms with Crippen LogP contribution in [0.5, 0.6) is 0 Å². The Labute approximate surface area is 127 Å². The van der Waals surface area contributed by atoms with Crippen LogP contribution in [0, 0.1) is 9.39 Å². The van der Waals surface area contributed by atoms with Crippen LogP contribution in [0.3, 0.4) is 0 Å². The van der Waals surface area contributed by atoms with Gasteiger partial charge in [-0.15, -0.1) is 0 Å². The van der Waals surface area contributed by atoms with E-state index in [0.717, 1.165) is 14.8 Å². The molecule has 0 saturated heterocycles. The Morgan fingerprint density at radius 3 is 2.67 bits per heavy atom. The Balaban J connectivity index is 2.12. The van der Waals surface area contributed by atoms with Gasteiger partial charge in [-0.2, -0.15) is 5.10 Å². The fourth-order valence-electron chi connectivity index (χ4n) is 1.33. The molecule has 1 N–H and O–H groups in total. The van der Waals surface area contributed by atoms with Gasteiger partial charge in [0.15, 0.2) is 0 Å². The third kappa shape index (κ3) is 3.52. The lowest BCUT2D eigenvalue weighted by Crippen LogP contribution is -1.94.